The van der Waals surface area contributed by atoms with Crippen molar-refractivity contribution in [1.82, 2.24) is 4.98 Å². The van der Waals surface area contributed by atoms with Crippen LogP contribution in [0.1, 0.15) is 71.9 Å². The van der Waals surface area contributed by atoms with Gasteiger partial charge in [-0.2, -0.15) is 0 Å². The van der Waals surface area contributed by atoms with Crippen LogP contribution in [0.2, 0.25) is 0 Å². The predicted molar refractivity (Wildman–Crippen MR) is 166 cm³/mol. The van der Waals surface area contributed by atoms with Crippen LogP contribution in [-0.2, 0) is 33.3 Å². The number of aryl methyl sites for hydroxylation is 1. The number of carbonyl (C=O) groups is 2. The number of hydrogen-bond donors (Lipinski definition) is 1. The zero-order chi connectivity index (χ0) is 32.5. The first kappa shape index (κ1) is 33.3. The molecule has 0 aliphatic carbocycles. The van der Waals surface area contributed by atoms with Crippen molar-refractivity contribution in [2.45, 2.75) is 116 Å². The molecule has 0 unspecified atom stereocenters. The van der Waals surface area contributed by atoms with E-state index < -0.39 is 36.0 Å². The molecule has 3 fully saturated rings. The number of aromatic nitrogens is 1. The number of ether oxygens (including phenoxy) is 5. The van der Waals surface area contributed by atoms with Crippen molar-refractivity contribution in [2.24, 2.45) is 17.8 Å². The van der Waals surface area contributed by atoms with Crippen LogP contribution in [0.3, 0.4) is 0 Å². The Morgan fingerprint density at radius 2 is 1.91 bits per heavy atom. The van der Waals surface area contributed by atoms with Crippen LogP contribution in [0.4, 0.5) is 0 Å². The molecule has 4 aliphatic rings. The van der Waals surface area contributed by atoms with Crippen molar-refractivity contribution >= 4 is 18.0 Å². The molecule has 1 aromatic heterocycles. The van der Waals surface area contributed by atoms with Gasteiger partial charge in [0.25, 0.3) is 0 Å². The summed E-state index contributed by atoms with van der Waals surface area (Å²) in [4.78, 5) is 30.1. The number of hydrogen-bond acceptors (Lipinski definition) is 10. The molecule has 1 N–H and O–H groups in total. The fourth-order valence-corrected chi connectivity index (χ4v) is 6.64. The first-order valence-corrected chi connectivity index (χ1v) is 16.0. The Hall–Kier alpha value is -3.05. The number of rotatable bonds is 7. The molecular weight excluding hydrogens is 578 g/mol. The lowest BCUT2D eigenvalue weighted by atomic mass is 9.84. The lowest BCUT2D eigenvalue weighted by Crippen LogP contribution is -2.42. The molecule has 3 saturated heterocycles. The van der Waals surface area contributed by atoms with E-state index in [0.29, 0.717) is 25.2 Å². The van der Waals surface area contributed by atoms with Crippen molar-refractivity contribution in [3.05, 3.63) is 59.4 Å². The standard InChI is InChI=1S/C35H47NO9/c1-19(13-25-18-41-23(5)36-25)9-8-10-21(3)32(40-7)22(4)27-17-29(37)35(6)30(45-35)12-11-20(2)26-14-24(16-31(38)42-26)15-28-33(43-28)34(39)44-27/h8-13,18,20,22,24,26-30,32-33,37H,14-17H2,1-7H3/b9-8+,12-11+,19-13+,21-10+/t20-,22+,24+,26-,27-,28-,29+,30-,32+,33-,35-/m1/s1. The van der Waals surface area contributed by atoms with Gasteiger partial charge in [-0.05, 0) is 56.8 Å². The fraction of sp³-hybridized carbons (Fsp3) is 0.629. The molecule has 246 valence electrons. The van der Waals surface area contributed by atoms with Crippen molar-refractivity contribution in [3.63, 3.8) is 0 Å². The molecule has 0 amide bonds. The molecule has 0 saturated carbocycles. The van der Waals surface area contributed by atoms with Crippen molar-refractivity contribution < 1.29 is 42.8 Å². The van der Waals surface area contributed by atoms with E-state index in [9.17, 15) is 14.7 Å². The zero-order valence-corrected chi connectivity index (χ0v) is 27.3. The molecule has 10 heteroatoms. The van der Waals surface area contributed by atoms with Gasteiger partial charge in [-0.1, -0.05) is 44.2 Å². The van der Waals surface area contributed by atoms with E-state index in [1.807, 2.05) is 71.1 Å². The van der Waals surface area contributed by atoms with Gasteiger partial charge in [-0.25, -0.2) is 9.78 Å². The Morgan fingerprint density at radius 1 is 1.16 bits per heavy atom. The molecule has 5 rings (SSSR count). The Bertz CT molecular complexity index is 1360. The lowest BCUT2D eigenvalue weighted by molar-refractivity contribution is -0.159. The molecule has 0 radical (unpaired) electrons. The van der Waals surface area contributed by atoms with Crippen molar-refractivity contribution in [2.75, 3.05) is 7.11 Å². The van der Waals surface area contributed by atoms with Gasteiger partial charge in [0.15, 0.2) is 12.0 Å². The maximum atomic E-state index is 13.4. The summed E-state index contributed by atoms with van der Waals surface area (Å²) in [6.45, 7) is 11.6. The van der Waals surface area contributed by atoms with E-state index in [0.717, 1.165) is 16.8 Å². The second-order valence-corrected chi connectivity index (χ2v) is 13.3. The third-order valence-corrected chi connectivity index (χ3v) is 9.63. The molecule has 11 atom stereocenters. The zero-order valence-electron chi connectivity index (χ0n) is 27.3. The number of cyclic esters (lactones) is 1. The highest BCUT2D eigenvalue weighted by Gasteiger charge is 2.57. The van der Waals surface area contributed by atoms with Gasteiger partial charge in [0.05, 0.1) is 18.3 Å². The number of esters is 2. The van der Waals surface area contributed by atoms with Crippen molar-refractivity contribution in [1.29, 1.82) is 0 Å². The highest BCUT2D eigenvalue weighted by Crippen LogP contribution is 2.44. The number of aliphatic hydroxyl groups is 1. The van der Waals surface area contributed by atoms with E-state index in [4.69, 9.17) is 28.1 Å². The predicted octanol–water partition coefficient (Wildman–Crippen LogP) is 5.05. The Balaban J connectivity index is 1.33. The number of allylic oxidation sites excluding steroid dienone is 4. The summed E-state index contributed by atoms with van der Waals surface area (Å²) in [5.74, 6) is -0.316. The summed E-state index contributed by atoms with van der Waals surface area (Å²) >= 11 is 0. The maximum absolute atomic E-state index is 13.4. The van der Waals surface area contributed by atoms with Gasteiger partial charge in [0.2, 0.25) is 0 Å². The Morgan fingerprint density at radius 3 is 2.62 bits per heavy atom. The number of aliphatic hydroxyl groups excluding tert-OH is 1. The Kier molecular flexibility index (Phi) is 10.2. The van der Waals surface area contributed by atoms with E-state index in [-0.39, 0.29) is 48.5 Å². The first-order chi connectivity index (χ1) is 21.4. The summed E-state index contributed by atoms with van der Waals surface area (Å²) < 4.78 is 34.7. The van der Waals surface area contributed by atoms with Gasteiger partial charge in [0, 0.05) is 38.7 Å². The molecule has 1 aromatic rings. The summed E-state index contributed by atoms with van der Waals surface area (Å²) in [7, 11) is 1.63. The smallest absolute Gasteiger partial charge is 0.338 e. The SMILES string of the molecule is CO[C@@H](/C(C)=C/C=C/C(C)=C/c1coc(C)n1)[C@@H](C)[C@H]1C[C@H](O)[C@@]2(C)O[C@@H]2/C=C/[C@@H](C)[C@H]2C[C@H](CC(=O)O2)C[C@H]2O[C@H]2C(=O)O1. The van der Waals surface area contributed by atoms with Crippen LogP contribution < -0.4 is 0 Å². The Labute approximate surface area is 265 Å². The second-order valence-electron chi connectivity index (χ2n) is 13.3. The minimum atomic E-state index is -0.905. The average molecular weight is 626 g/mol. The molecule has 5 heterocycles. The van der Waals surface area contributed by atoms with Gasteiger partial charge in [-0.15, -0.1) is 0 Å². The number of epoxide rings is 2. The monoisotopic (exact) mass is 625 g/mol. The average Bonchev–Trinajstić information content (AvgIpc) is 3.86. The molecule has 45 heavy (non-hydrogen) atoms. The number of methoxy groups -OCH3 is 1. The van der Waals surface area contributed by atoms with E-state index in [1.165, 1.54) is 0 Å². The third-order valence-electron chi connectivity index (χ3n) is 9.63. The van der Waals surface area contributed by atoms with Crippen molar-refractivity contribution in [3.8, 4) is 0 Å². The molecule has 2 bridgehead atoms. The van der Waals surface area contributed by atoms with Crippen LogP contribution in [0.25, 0.3) is 6.08 Å². The quantitative estimate of drug-likeness (QED) is 0.190. The van der Waals surface area contributed by atoms with Gasteiger partial charge < -0.3 is 33.2 Å². The number of nitrogens with zero attached hydrogens (tertiary/aromatic N) is 1. The molecular formula is C35H47NO9. The lowest BCUT2D eigenvalue weighted by Gasteiger charge is -2.33. The second kappa shape index (κ2) is 13.7. The molecule has 0 aromatic carbocycles. The van der Waals surface area contributed by atoms with E-state index in [1.54, 1.807) is 20.3 Å². The minimum Gasteiger partial charge on any atom is -0.462 e. The van der Waals surface area contributed by atoms with Gasteiger partial charge in [-0.3, -0.25) is 4.79 Å². The number of carbonyl (C=O) groups excluding carboxylic acids is 2. The summed E-state index contributed by atoms with van der Waals surface area (Å²) in [5, 5.41) is 11.4. The number of fused-ring (bicyclic) bond motifs is 4. The van der Waals surface area contributed by atoms with Crippen LogP contribution in [0.5, 0.6) is 0 Å². The highest BCUT2D eigenvalue weighted by atomic mass is 16.6. The van der Waals surface area contributed by atoms with Crippen LogP contribution in [0, 0.1) is 24.7 Å². The largest absolute Gasteiger partial charge is 0.462 e. The fourth-order valence-electron chi connectivity index (χ4n) is 6.64. The van der Waals surface area contributed by atoms with Crippen LogP contribution in [-0.4, -0.2) is 77.5 Å². The highest BCUT2D eigenvalue weighted by molar-refractivity contribution is 5.78. The topological polar surface area (TPSA) is 133 Å². The van der Waals surface area contributed by atoms with E-state index in [2.05, 4.69) is 4.98 Å². The molecule has 4 aliphatic heterocycles. The molecule has 10 nitrogen and oxygen atoms in total. The summed E-state index contributed by atoms with van der Waals surface area (Å²) in [6, 6.07) is 0. The molecule has 0 spiro atoms. The van der Waals surface area contributed by atoms with E-state index >= 15 is 0 Å². The van der Waals surface area contributed by atoms with Gasteiger partial charge >= 0.3 is 11.9 Å². The normalized spacial score (nSPS) is 38.0. The van der Waals surface area contributed by atoms with Crippen LogP contribution >= 0.6 is 0 Å². The van der Waals surface area contributed by atoms with Gasteiger partial charge in [0.1, 0.15) is 35.9 Å². The summed E-state index contributed by atoms with van der Waals surface area (Å²) in [5.41, 5.74) is 1.86. The maximum Gasteiger partial charge on any atom is 0.338 e. The minimum absolute atomic E-state index is 0.0130. The summed E-state index contributed by atoms with van der Waals surface area (Å²) in [6.07, 6.45) is 11.7. The van der Waals surface area contributed by atoms with Crippen LogP contribution in [0.15, 0.2) is 52.2 Å². The third kappa shape index (κ3) is 8.03. The number of oxazole rings is 1. The first-order valence-electron chi connectivity index (χ1n) is 16.0.